The molecular formula is C20H22N2O5. The Morgan fingerprint density at radius 3 is 2.26 bits per heavy atom. The summed E-state index contributed by atoms with van der Waals surface area (Å²) in [5.74, 6) is -1.66. The number of anilines is 2. The van der Waals surface area contributed by atoms with Crippen LogP contribution in [0.2, 0.25) is 0 Å². The molecule has 0 atom stereocenters. The number of carbonyl (C=O) groups excluding carboxylic acids is 3. The van der Waals surface area contributed by atoms with Gasteiger partial charge in [0.1, 0.15) is 5.75 Å². The normalized spacial score (nSPS) is 10.0. The quantitative estimate of drug-likeness (QED) is 0.443. The van der Waals surface area contributed by atoms with Gasteiger partial charge in [-0.25, -0.2) is 4.79 Å². The van der Waals surface area contributed by atoms with Crippen molar-refractivity contribution < 1.29 is 23.9 Å². The van der Waals surface area contributed by atoms with Crippen molar-refractivity contribution in [3.05, 3.63) is 54.1 Å². The van der Waals surface area contributed by atoms with E-state index in [1.54, 1.807) is 36.4 Å². The number of esters is 1. The Morgan fingerprint density at radius 2 is 1.59 bits per heavy atom. The number of hydrogen-bond donors (Lipinski definition) is 2. The van der Waals surface area contributed by atoms with E-state index in [0.29, 0.717) is 18.0 Å². The summed E-state index contributed by atoms with van der Waals surface area (Å²) in [5, 5.41) is 4.93. The molecule has 0 saturated heterocycles. The summed E-state index contributed by atoms with van der Waals surface area (Å²) >= 11 is 0. The van der Waals surface area contributed by atoms with Gasteiger partial charge in [-0.15, -0.1) is 0 Å². The Kier molecular flexibility index (Phi) is 7.37. The molecule has 2 amide bonds. The van der Waals surface area contributed by atoms with E-state index in [9.17, 15) is 14.4 Å². The number of para-hydroxylation sites is 1. The number of amides is 2. The van der Waals surface area contributed by atoms with Gasteiger partial charge in [0.25, 0.3) is 0 Å². The molecule has 2 aromatic carbocycles. The summed E-state index contributed by atoms with van der Waals surface area (Å²) in [6, 6.07) is 12.9. The van der Waals surface area contributed by atoms with Crippen molar-refractivity contribution in [2.45, 2.75) is 19.8 Å². The zero-order chi connectivity index (χ0) is 19.6. The first-order valence-corrected chi connectivity index (χ1v) is 8.57. The molecule has 0 aliphatic heterocycles. The van der Waals surface area contributed by atoms with Gasteiger partial charge in [-0.2, -0.15) is 0 Å². The van der Waals surface area contributed by atoms with Crippen molar-refractivity contribution in [1.29, 1.82) is 0 Å². The maximum absolute atomic E-state index is 12.2. The largest absolute Gasteiger partial charge is 0.497 e. The predicted molar refractivity (Wildman–Crippen MR) is 102 cm³/mol. The molecule has 0 aliphatic carbocycles. The zero-order valence-electron chi connectivity index (χ0n) is 15.3. The first-order chi connectivity index (χ1) is 13.0. The molecule has 0 bridgehead atoms. The molecule has 27 heavy (non-hydrogen) atoms. The van der Waals surface area contributed by atoms with E-state index in [0.717, 1.165) is 12.8 Å². The van der Waals surface area contributed by atoms with Gasteiger partial charge in [0.2, 0.25) is 0 Å². The van der Waals surface area contributed by atoms with Crippen LogP contribution in [0.25, 0.3) is 0 Å². The number of hydrogen-bond acceptors (Lipinski definition) is 5. The third-order valence-electron chi connectivity index (χ3n) is 3.68. The van der Waals surface area contributed by atoms with Gasteiger partial charge in [-0.05, 0) is 42.8 Å². The van der Waals surface area contributed by atoms with Crippen LogP contribution in [-0.4, -0.2) is 31.5 Å². The van der Waals surface area contributed by atoms with Crippen LogP contribution in [0, 0.1) is 0 Å². The second-order valence-electron chi connectivity index (χ2n) is 5.67. The van der Waals surface area contributed by atoms with Crippen LogP contribution in [0.5, 0.6) is 5.75 Å². The van der Waals surface area contributed by atoms with E-state index in [4.69, 9.17) is 9.47 Å². The molecule has 0 heterocycles. The molecule has 7 nitrogen and oxygen atoms in total. The highest BCUT2D eigenvalue weighted by molar-refractivity contribution is 6.43. The first kappa shape index (κ1) is 20.0. The monoisotopic (exact) mass is 370 g/mol. The van der Waals surface area contributed by atoms with E-state index >= 15 is 0 Å². The lowest BCUT2D eigenvalue weighted by molar-refractivity contribution is -0.133. The fourth-order valence-corrected chi connectivity index (χ4v) is 2.20. The predicted octanol–water partition coefficient (Wildman–Crippen LogP) is 3.23. The van der Waals surface area contributed by atoms with Gasteiger partial charge in [0.15, 0.2) is 0 Å². The number of benzene rings is 2. The highest BCUT2D eigenvalue weighted by atomic mass is 16.5. The second-order valence-corrected chi connectivity index (χ2v) is 5.67. The van der Waals surface area contributed by atoms with E-state index in [2.05, 4.69) is 10.6 Å². The third-order valence-corrected chi connectivity index (χ3v) is 3.68. The number of nitrogens with one attached hydrogen (secondary N) is 2. The van der Waals surface area contributed by atoms with Gasteiger partial charge in [-0.3, -0.25) is 9.59 Å². The summed E-state index contributed by atoms with van der Waals surface area (Å²) in [6.07, 6.45) is 1.65. The zero-order valence-corrected chi connectivity index (χ0v) is 15.3. The van der Waals surface area contributed by atoms with Crippen molar-refractivity contribution in [1.82, 2.24) is 0 Å². The molecule has 0 aliphatic rings. The Balaban J connectivity index is 2.01. The molecule has 0 aromatic heterocycles. The van der Waals surface area contributed by atoms with E-state index in [-0.39, 0.29) is 11.3 Å². The van der Waals surface area contributed by atoms with Crippen molar-refractivity contribution in [3.63, 3.8) is 0 Å². The summed E-state index contributed by atoms with van der Waals surface area (Å²) in [5.41, 5.74) is 0.858. The molecule has 2 aromatic rings. The molecule has 0 radical (unpaired) electrons. The van der Waals surface area contributed by atoms with E-state index in [1.165, 1.54) is 19.2 Å². The molecule has 142 valence electrons. The van der Waals surface area contributed by atoms with Crippen LogP contribution in [0.4, 0.5) is 11.4 Å². The lowest BCUT2D eigenvalue weighted by atomic mass is 10.1. The van der Waals surface area contributed by atoms with E-state index in [1.807, 2.05) is 6.92 Å². The number of rotatable bonds is 7. The maximum atomic E-state index is 12.2. The fraction of sp³-hybridized carbons (Fsp3) is 0.250. The molecule has 0 unspecified atom stereocenters. The molecular weight excluding hydrogens is 348 g/mol. The molecule has 7 heteroatoms. The number of methoxy groups -OCH3 is 1. The van der Waals surface area contributed by atoms with Crippen LogP contribution < -0.4 is 15.4 Å². The topological polar surface area (TPSA) is 93.7 Å². The average Bonchev–Trinajstić information content (AvgIpc) is 2.69. The minimum absolute atomic E-state index is 0.194. The van der Waals surface area contributed by atoms with Crippen LogP contribution in [0.1, 0.15) is 30.1 Å². The van der Waals surface area contributed by atoms with Gasteiger partial charge in [0, 0.05) is 5.69 Å². The van der Waals surface area contributed by atoms with Crippen LogP contribution in [-0.2, 0) is 14.3 Å². The molecule has 0 saturated carbocycles. The van der Waals surface area contributed by atoms with Gasteiger partial charge < -0.3 is 20.1 Å². The fourth-order valence-electron chi connectivity index (χ4n) is 2.20. The molecule has 2 rings (SSSR count). The molecule has 2 N–H and O–H groups in total. The Morgan fingerprint density at radius 1 is 0.926 bits per heavy atom. The lowest BCUT2D eigenvalue weighted by Gasteiger charge is -2.11. The SMILES string of the molecule is CCCCOC(=O)c1ccccc1NC(=O)C(=O)Nc1ccc(OC)cc1. The minimum Gasteiger partial charge on any atom is -0.497 e. The van der Waals surface area contributed by atoms with Gasteiger partial charge in [-0.1, -0.05) is 25.5 Å². The standard InChI is InChI=1S/C20H22N2O5/c1-3-4-13-27-20(25)16-7-5-6-8-17(16)22-19(24)18(23)21-14-9-11-15(26-2)12-10-14/h5-12H,3-4,13H2,1-2H3,(H,21,23)(H,22,24). The van der Waals surface area contributed by atoms with Crippen LogP contribution >= 0.6 is 0 Å². The number of carbonyl (C=O) groups is 3. The highest BCUT2D eigenvalue weighted by Gasteiger charge is 2.18. The number of unbranched alkanes of at least 4 members (excludes halogenated alkanes) is 1. The Labute approximate surface area is 157 Å². The first-order valence-electron chi connectivity index (χ1n) is 8.57. The average molecular weight is 370 g/mol. The second kappa shape index (κ2) is 9.96. The lowest BCUT2D eigenvalue weighted by Crippen LogP contribution is -2.29. The smallest absolute Gasteiger partial charge is 0.340 e. The van der Waals surface area contributed by atoms with Crippen molar-refractivity contribution in [2.75, 3.05) is 24.4 Å². The van der Waals surface area contributed by atoms with Crippen LogP contribution in [0.3, 0.4) is 0 Å². The summed E-state index contributed by atoms with van der Waals surface area (Å²) < 4.78 is 10.2. The van der Waals surface area contributed by atoms with Gasteiger partial charge >= 0.3 is 17.8 Å². The summed E-state index contributed by atoms with van der Waals surface area (Å²) in [7, 11) is 1.53. The minimum atomic E-state index is -0.889. The Bertz CT molecular complexity index is 802. The molecule has 0 fully saturated rings. The molecule has 0 spiro atoms. The van der Waals surface area contributed by atoms with Crippen molar-refractivity contribution in [3.8, 4) is 5.75 Å². The van der Waals surface area contributed by atoms with Crippen molar-refractivity contribution in [2.24, 2.45) is 0 Å². The Hall–Kier alpha value is -3.35. The third kappa shape index (κ3) is 5.85. The summed E-state index contributed by atoms with van der Waals surface area (Å²) in [4.78, 5) is 36.4. The maximum Gasteiger partial charge on any atom is 0.340 e. The number of ether oxygens (including phenoxy) is 2. The van der Waals surface area contributed by atoms with Gasteiger partial charge in [0.05, 0.1) is 25.0 Å². The van der Waals surface area contributed by atoms with E-state index < -0.39 is 17.8 Å². The highest BCUT2D eigenvalue weighted by Crippen LogP contribution is 2.18. The summed E-state index contributed by atoms with van der Waals surface area (Å²) in [6.45, 7) is 2.29. The van der Waals surface area contributed by atoms with Crippen molar-refractivity contribution >= 4 is 29.2 Å². The van der Waals surface area contributed by atoms with Crippen LogP contribution in [0.15, 0.2) is 48.5 Å².